The molecule has 0 aliphatic carbocycles. The van der Waals surface area contributed by atoms with Gasteiger partial charge in [0.15, 0.2) is 0 Å². The van der Waals surface area contributed by atoms with Gasteiger partial charge in [-0.15, -0.1) is 0 Å². The van der Waals surface area contributed by atoms with Gasteiger partial charge in [-0.3, -0.25) is 33.3 Å². The highest BCUT2D eigenvalue weighted by atomic mass is 16.5. The lowest BCUT2D eigenvalue weighted by atomic mass is 10.1. The van der Waals surface area contributed by atoms with Crippen LogP contribution in [0.4, 0.5) is 0 Å². The molecule has 7 N–H and O–H groups in total. The van der Waals surface area contributed by atoms with E-state index in [1.54, 1.807) is 68.8 Å². The number of aromatic nitrogens is 8. The molecule has 0 unspecified atom stereocenters. The predicted octanol–water partition coefficient (Wildman–Crippen LogP) is 2.48. The lowest BCUT2D eigenvalue weighted by Crippen LogP contribution is -2.22. The lowest BCUT2D eigenvalue weighted by molar-refractivity contribution is -0.137. The van der Waals surface area contributed by atoms with Crippen LogP contribution in [0.5, 0.6) is 5.75 Å². The molecule has 0 fully saturated rings. The summed E-state index contributed by atoms with van der Waals surface area (Å²) in [5.41, 5.74) is 15.8. The number of aromatic amines is 2. The van der Waals surface area contributed by atoms with Gasteiger partial charge in [-0.1, -0.05) is 12.2 Å². The van der Waals surface area contributed by atoms with Crippen molar-refractivity contribution in [3.63, 3.8) is 0 Å². The Balaban J connectivity index is 1.43. The van der Waals surface area contributed by atoms with Crippen LogP contribution in [0.1, 0.15) is 79.8 Å². The maximum absolute atomic E-state index is 13.6. The third kappa shape index (κ3) is 8.51. The number of carboxylic acids is 1. The monoisotopic (exact) mass is 778 g/mol. The van der Waals surface area contributed by atoms with E-state index < -0.39 is 29.6 Å². The summed E-state index contributed by atoms with van der Waals surface area (Å²) in [6, 6.07) is 11.1. The van der Waals surface area contributed by atoms with Gasteiger partial charge < -0.3 is 40.4 Å². The number of fused-ring (bicyclic) bond motifs is 2. The number of nitrogens with two attached hydrogens (primary N) is 2. The summed E-state index contributed by atoms with van der Waals surface area (Å²) in [6.45, 7) is 8.52. The van der Waals surface area contributed by atoms with Crippen molar-refractivity contribution < 1.29 is 33.8 Å². The van der Waals surface area contributed by atoms with Gasteiger partial charge in [-0.2, -0.15) is 20.2 Å². The van der Waals surface area contributed by atoms with Crippen molar-refractivity contribution in [2.45, 2.75) is 66.7 Å². The normalized spacial score (nSPS) is 12.4. The number of rotatable bonds is 15. The third-order valence-electron chi connectivity index (χ3n) is 9.00. The number of H-pyrrole nitrogens is 2. The van der Waals surface area contributed by atoms with E-state index in [4.69, 9.17) is 21.3 Å². The molecule has 19 nitrogen and oxygen atoms in total. The number of primary amides is 2. The lowest BCUT2D eigenvalue weighted by Gasteiger charge is -2.11. The molecule has 19 heteroatoms. The average molecular weight is 779 g/mol. The molecule has 4 amide bonds. The predicted molar refractivity (Wildman–Crippen MR) is 206 cm³/mol. The Morgan fingerprint density at radius 2 is 1.32 bits per heavy atom. The summed E-state index contributed by atoms with van der Waals surface area (Å²) in [7, 11) is 0. The van der Waals surface area contributed by atoms with E-state index in [-0.39, 0.29) is 66.3 Å². The van der Waals surface area contributed by atoms with Crippen molar-refractivity contribution in [1.82, 2.24) is 38.7 Å². The Labute approximate surface area is 324 Å². The van der Waals surface area contributed by atoms with Crippen molar-refractivity contribution in [3.8, 4) is 5.75 Å². The number of amides is 4. The molecule has 6 rings (SSSR count). The van der Waals surface area contributed by atoms with Crippen LogP contribution in [0.2, 0.25) is 0 Å². The number of aryl methyl sites for hydroxylation is 4. The van der Waals surface area contributed by atoms with Gasteiger partial charge >= 0.3 is 5.97 Å². The summed E-state index contributed by atoms with van der Waals surface area (Å²) in [6.07, 6.45) is 3.68. The number of allylic oxidation sites excluding steroid dienone is 2. The van der Waals surface area contributed by atoms with Crippen LogP contribution < -0.4 is 27.4 Å². The zero-order valence-corrected chi connectivity index (χ0v) is 31.8. The Morgan fingerprint density at radius 1 is 0.772 bits per heavy atom. The van der Waals surface area contributed by atoms with E-state index in [0.29, 0.717) is 52.2 Å². The van der Waals surface area contributed by atoms with Crippen LogP contribution >= 0.6 is 0 Å². The van der Waals surface area contributed by atoms with Crippen molar-refractivity contribution >= 4 is 51.7 Å². The Morgan fingerprint density at radius 3 is 1.88 bits per heavy atom. The van der Waals surface area contributed by atoms with Gasteiger partial charge in [0.25, 0.3) is 11.8 Å². The maximum atomic E-state index is 13.6. The molecule has 4 aromatic heterocycles. The summed E-state index contributed by atoms with van der Waals surface area (Å²) in [5, 5.41) is 17.9. The summed E-state index contributed by atoms with van der Waals surface area (Å²) in [4.78, 5) is 77.6. The third-order valence-corrected chi connectivity index (χ3v) is 9.00. The number of nitrogens with one attached hydrogen (secondary N) is 2. The van der Waals surface area contributed by atoms with Gasteiger partial charge in [0, 0.05) is 43.7 Å². The molecular weight excluding hydrogens is 736 g/mol. The minimum Gasteiger partial charge on any atom is -0.491 e. The van der Waals surface area contributed by atoms with Crippen LogP contribution in [-0.4, -0.2) is 80.0 Å². The number of hydrogen-bond donors (Lipinski definition) is 5. The quantitative estimate of drug-likeness (QED) is 0.0756. The van der Waals surface area contributed by atoms with Crippen molar-refractivity contribution in [3.05, 3.63) is 99.8 Å². The van der Waals surface area contributed by atoms with Gasteiger partial charge in [-0.05, 0) is 76.6 Å². The molecule has 0 saturated heterocycles. The largest absolute Gasteiger partial charge is 0.491 e. The number of imidazole rings is 2. The fourth-order valence-corrected chi connectivity index (χ4v) is 6.38. The number of benzene rings is 2. The Hall–Kier alpha value is -7.31. The topological polar surface area (TPSA) is 269 Å². The highest BCUT2D eigenvalue weighted by Crippen LogP contribution is 2.27. The highest BCUT2D eigenvalue weighted by molar-refractivity contribution is 5.99. The molecule has 4 heterocycles. The SMILES string of the molecule is CCn1nc(C)cc1C(=O)/N=c1\[nH]c2cc(C(N)=O)ccc2n1C/C=C/Cn1/c(=N/C(=O)c2cc(C)nn2CC)[nH]c2cc(C(N)=O)cc(OCCCC(=O)O)c21. The number of carbonyl (C=O) groups excluding carboxylic acids is 4. The van der Waals surface area contributed by atoms with E-state index in [1.165, 1.54) is 12.1 Å². The van der Waals surface area contributed by atoms with Crippen molar-refractivity contribution in [1.29, 1.82) is 0 Å². The minimum atomic E-state index is -0.984. The molecule has 0 spiro atoms. The van der Waals surface area contributed by atoms with E-state index >= 15 is 0 Å². The first-order valence-corrected chi connectivity index (χ1v) is 18.1. The number of aliphatic carboxylic acids is 1. The first kappa shape index (κ1) is 39.4. The molecule has 0 aliphatic rings. The molecule has 296 valence electrons. The molecule has 0 atom stereocenters. The molecule has 0 radical (unpaired) electrons. The van der Waals surface area contributed by atoms with Crippen LogP contribution in [-0.2, 0) is 31.0 Å². The number of carboxylic acid groups (broad SMARTS) is 1. The second-order valence-corrected chi connectivity index (χ2v) is 13.1. The average Bonchev–Trinajstić information content (AvgIpc) is 3.93. The minimum absolute atomic E-state index is 0.0171. The number of hydrogen-bond acceptors (Lipinski definition) is 8. The highest BCUT2D eigenvalue weighted by Gasteiger charge is 2.19. The fraction of sp³-hybridized carbons (Fsp3) is 0.289. The number of nitrogens with zero attached hydrogens (tertiary/aromatic N) is 8. The van der Waals surface area contributed by atoms with Crippen LogP contribution in [0.3, 0.4) is 0 Å². The van der Waals surface area contributed by atoms with Gasteiger partial charge in [0.05, 0.1) is 34.5 Å². The number of ether oxygens (including phenoxy) is 1. The molecule has 0 aliphatic heterocycles. The van der Waals surface area contributed by atoms with E-state index in [2.05, 4.69) is 30.2 Å². The second kappa shape index (κ2) is 16.6. The Kier molecular flexibility index (Phi) is 11.5. The Bertz CT molecular complexity index is 2730. The van der Waals surface area contributed by atoms with Gasteiger partial charge in [-0.25, -0.2) is 0 Å². The van der Waals surface area contributed by atoms with Crippen LogP contribution in [0.15, 0.2) is 64.6 Å². The number of carbonyl (C=O) groups is 5. The van der Waals surface area contributed by atoms with Crippen molar-refractivity contribution in [2.75, 3.05) is 6.61 Å². The first-order chi connectivity index (χ1) is 27.3. The first-order valence-electron chi connectivity index (χ1n) is 18.1. The van der Waals surface area contributed by atoms with Gasteiger partial charge in [0.2, 0.25) is 23.1 Å². The molecule has 6 aromatic rings. The molecule has 0 bridgehead atoms. The molecule has 57 heavy (non-hydrogen) atoms. The zero-order chi connectivity index (χ0) is 41.0. The zero-order valence-electron chi connectivity index (χ0n) is 31.8. The standard InChI is InChI=1S/C38H42N12O7/c1-5-49-28(16-21(3)45-49)35(55)43-37-41-25-18-23(33(39)53)11-12-27(25)47(37)13-7-8-14-48-32-26(19-24(34(40)54)20-30(32)57-15-9-10-31(51)52)42-38(48)44-36(56)29-17-22(4)46-50(29)6-2/h7-8,11-12,16-20H,5-6,9-10,13-15H2,1-4H3,(H2,39,53)(H2,40,54)(H,51,52)(H,41,43,55)(H,42,44,56)/b8-7+. The summed E-state index contributed by atoms with van der Waals surface area (Å²) >= 11 is 0. The summed E-state index contributed by atoms with van der Waals surface area (Å²) in [5.74, 6) is -3.20. The van der Waals surface area contributed by atoms with E-state index in [9.17, 15) is 24.0 Å². The maximum Gasteiger partial charge on any atom is 0.303 e. The second-order valence-electron chi connectivity index (χ2n) is 13.1. The molecular formula is C38H42N12O7. The van der Waals surface area contributed by atoms with E-state index in [1.807, 2.05) is 19.9 Å². The summed E-state index contributed by atoms with van der Waals surface area (Å²) < 4.78 is 12.6. The van der Waals surface area contributed by atoms with Crippen LogP contribution in [0, 0.1) is 13.8 Å². The molecule has 0 saturated carbocycles. The molecule has 2 aromatic carbocycles. The van der Waals surface area contributed by atoms with Crippen LogP contribution in [0.25, 0.3) is 22.1 Å². The smallest absolute Gasteiger partial charge is 0.303 e. The fourth-order valence-electron chi connectivity index (χ4n) is 6.38. The van der Waals surface area contributed by atoms with Gasteiger partial charge in [0.1, 0.15) is 22.7 Å². The van der Waals surface area contributed by atoms with E-state index in [0.717, 1.165) is 0 Å². The van der Waals surface area contributed by atoms with Crippen molar-refractivity contribution in [2.24, 2.45) is 21.5 Å².